The molecule has 0 saturated heterocycles. The van der Waals surface area contributed by atoms with Gasteiger partial charge in [0.2, 0.25) is 0 Å². The molecule has 84 valence electrons. The maximum absolute atomic E-state index is 5.28. The van der Waals surface area contributed by atoms with Crippen LogP contribution in [0.25, 0.3) is 0 Å². The van der Waals surface area contributed by atoms with Gasteiger partial charge < -0.3 is 10.1 Å². The quantitative estimate of drug-likeness (QED) is 0.803. The van der Waals surface area contributed by atoms with Crippen molar-refractivity contribution >= 4 is 11.3 Å². The average molecular weight is 225 g/mol. The first-order valence-electron chi connectivity index (χ1n) is 5.61. The van der Waals surface area contributed by atoms with Crippen LogP contribution in [0.1, 0.15) is 31.1 Å². The molecule has 0 bridgehead atoms. The van der Waals surface area contributed by atoms with Crippen LogP contribution in [0.5, 0.6) is 5.75 Å². The van der Waals surface area contributed by atoms with Crippen molar-refractivity contribution in [2.75, 3.05) is 13.7 Å². The SMILES string of the molecule is CCC1(CNCc2sccc2OC)CC1. The van der Waals surface area contributed by atoms with E-state index in [-0.39, 0.29) is 0 Å². The van der Waals surface area contributed by atoms with Gasteiger partial charge in [0, 0.05) is 13.1 Å². The van der Waals surface area contributed by atoms with Crippen molar-refractivity contribution in [3.63, 3.8) is 0 Å². The van der Waals surface area contributed by atoms with Gasteiger partial charge >= 0.3 is 0 Å². The van der Waals surface area contributed by atoms with Gasteiger partial charge in [-0.05, 0) is 36.1 Å². The van der Waals surface area contributed by atoms with E-state index in [4.69, 9.17) is 4.74 Å². The summed E-state index contributed by atoms with van der Waals surface area (Å²) in [5, 5.41) is 5.63. The standard InChI is InChI=1S/C12H19NOS/c1-3-12(5-6-12)9-13-8-11-10(14-2)4-7-15-11/h4,7,13H,3,5-6,8-9H2,1-2H3. The number of methoxy groups -OCH3 is 1. The highest BCUT2D eigenvalue weighted by molar-refractivity contribution is 7.10. The van der Waals surface area contributed by atoms with Crippen LogP contribution < -0.4 is 10.1 Å². The first-order chi connectivity index (χ1) is 7.29. The molecule has 0 atom stereocenters. The highest BCUT2D eigenvalue weighted by atomic mass is 32.1. The molecule has 1 heterocycles. The van der Waals surface area contributed by atoms with Crippen LogP contribution in [0.2, 0.25) is 0 Å². The van der Waals surface area contributed by atoms with Crippen molar-refractivity contribution in [2.45, 2.75) is 32.7 Å². The maximum Gasteiger partial charge on any atom is 0.134 e. The Hall–Kier alpha value is -0.540. The fourth-order valence-electron chi connectivity index (χ4n) is 1.91. The Labute approximate surface area is 95.6 Å². The summed E-state index contributed by atoms with van der Waals surface area (Å²) >= 11 is 1.77. The Morgan fingerprint density at radius 3 is 2.93 bits per heavy atom. The molecule has 1 fully saturated rings. The molecule has 0 aliphatic heterocycles. The summed E-state index contributed by atoms with van der Waals surface area (Å²) in [6.45, 7) is 4.40. The minimum absolute atomic E-state index is 0.629. The third kappa shape index (κ3) is 2.52. The molecule has 0 unspecified atom stereocenters. The minimum Gasteiger partial charge on any atom is -0.496 e. The molecule has 0 spiro atoms. The lowest BCUT2D eigenvalue weighted by atomic mass is 10.0. The average Bonchev–Trinajstić information content (AvgIpc) is 2.90. The van der Waals surface area contributed by atoms with Gasteiger partial charge in [0.05, 0.1) is 12.0 Å². The molecule has 1 aromatic heterocycles. The molecular weight excluding hydrogens is 206 g/mol. The van der Waals surface area contributed by atoms with Crippen molar-refractivity contribution in [2.24, 2.45) is 5.41 Å². The number of nitrogens with one attached hydrogen (secondary N) is 1. The van der Waals surface area contributed by atoms with Gasteiger partial charge in [0.15, 0.2) is 0 Å². The Morgan fingerprint density at radius 2 is 2.33 bits per heavy atom. The van der Waals surface area contributed by atoms with Gasteiger partial charge in [0.1, 0.15) is 5.75 Å². The summed E-state index contributed by atoms with van der Waals surface area (Å²) < 4.78 is 5.28. The normalized spacial score (nSPS) is 17.7. The van der Waals surface area contributed by atoms with E-state index in [9.17, 15) is 0 Å². The minimum atomic E-state index is 0.629. The van der Waals surface area contributed by atoms with E-state index in [1.165, 1.54) is 24.1 Å². The smallest absolute Gasteiger partial charge is 0.134 e. The molecule has 1 N–H and O–H groups in total. The summed E-state index contributed by atoms with van der Waals surface area (Å²) in [5.74, 6) is 1.02. The van der Waals surface area contributed by atoms with E-state index in [1.807, 2.05) is 6.07 Å². The number of rotatable bonds is 6. The summed E-state index contributed by atoms with van der Waals surface area (Å²) in [6.07, 6.45) is 4.11. The molecule has 3 heteroatoms. The second-order valence-electron chi connectivity index (χ2n) is 4.37. The third-order valence-electron chi connectivity index (χ3n) is 3.42. The van der Waals surface area contributed by atoms with Crippen molar-refractivity contribution in [3.05, 3.63) is 16.3 Å². The molecule has 2 rings (SSSR count). The highest BCUT2D eigenvalue weighted by Crippen LogP contribution is 2.47. The monoisotopic (exact) mass is 225 g/mol. The number of thiophene rings is 1. The number of hydrogen-bond donors (Lipinski definition) is 1. The van der Waals surface area contributed by atoms with Crippen LogP contribution >= 0.6 is 11.3 Å². The van der Waals surface area contributed by atoms with E-state index in [1.54, 1.807) is 18.4 Å². The van der Waals surface area contributed by atoms with Crippen LogP contribution in [0.15, 0.2) is 11.4 Å². The van der Waals surface area contributed by atoms with Gasteiger partial charge in [-0.3, -0.25) is 0 Å². The zero-order valence-electron chi connectivity index (χ0n) is 9.51. The zero-order valence-corrected chi connectivity index (χ0v) is 10.3. The third-order valence-corrected chi connectivity index (χ3v) is 4.32. The highest BCUT2D eigenvalue weighted by Gasteiger charge is 2.39. The van der Waals surface area contributed by atoms with Crippen LogP contribution in [0.4, 0.5) is 0 Å². The summed E-state index contributed by atoms with van der Waals surface area (Å²) in [4.78, 5) is 1.31. The molecule has 0 radical (unpaired) electrons. The van der Waals surface area contributed by atoms with E-state index in [2.05, 4.69) is 17.6 Å². The molecule has 1 saturated carbocycles. The van der Waals surface area contributed by atoms with Gasteiger partial charge in [-0.1, -0.05) is 6.92 Å². The molecule has 15 heavy (non-hydrogen) atoms. The predicted octanol–water partition coefficient (Wildman–Crippen LogP) is 3.04. The molecule has 0 amide bonds. The Morgan fingerprint density at radius 1 is 1.53 bits per heavy atom. The predicted molar refractivity (Wildman–Crippen MR) is 64.5 cm³/mol. The largest absolute Gasteiger partial charge is 0.496 e. The molecule has 1 aromatic rings. The lowest BCUT2D eigenvalue weighted by Gasteiger charge is -2.13. The summed E-state index contributed by atoms with van der Waals surface area (Å²) in [6, 6.07) is 2.04. The fraction of sp³-hybridized carbons (Fsp3) is 0.667. The molecule has 1 aliphatic rings. The van der Waals surface area contributed by atoms with Crippen molar-refractivity contribution < 1.29 is 4.74 Å². The number of hydrogen-bond acceptors (Lipinski definition) is 3. The van der Waals surface area contributed by atoms with Crippen molar-refractivity contribution in [3.8, 4) is 5.75 Å². The molecule has 1 aliphatic carbocycles. The fourth-order valence-corrected chi connectivity index (χ4v) is 2.72. The van der Waals surface area contributed by atoms with Crippen molar-refractivity contribution in [1.82, 2.24) is 5.32 Å². The van der Waals surface area contributed by atoms with Gasteiger partial charge in [-0.2, -0.15) is 0 Å². The van der Waals surface area contributed by atoms with Crippen molar-refractivity contribution in [1.29, 1.82) is 0 Å². The molecule has 0 aromatic carbocycles. The van der Waals surface area contributed by atoms with Crippen LogP contribution in [0.3, 0.4) is 0 Å². The van der Waals surface area contributed by atoms with E-state index >= 15 is 0 Å². The van der Waals surface area contributed by atoms with E-state index in [0.29, 0.717) is 5.41 Å². The van der Waals surface area contributed by atoms with Crippen LogP contribution in [0, 0.1) is 5.41 Å². The lowest BCUT2D eigenvalue weighted by molar-refractivity contribution is 0.405. The van der Waals surface area contributed by atoms with Crippen LogP contribution in [-0.2, 0) is 6.54 Å². The Bertz CT molecular complexity index is 317. The van der Waals surface area contributed by atoms with E-state index < -0.39 is 0 Å². The second-order valence-corrected chi connectivity index (χ2v) is 5.37. The zero-order chi connectivity index (χ0) is 10.7. The lowest BCUT2D eigenvalue weighted by Crippen LogP contribution is -2.22. The van der Waals surface area contributed by atoms with E-state index in [0.717, 1.165) is 18.8 Å². The maximum atomic E-state index is 5.28. The summed E-state index contributed by atoms with van der Waals surface area (Å²) in [7, 11) is 1.74. The Balaban J connectivity index is 1.78. The van der Waals surface area contributed by atoms with Crippen LogP contribution in [-0.4, -0.2) is 13.7 Å². The molecule has 2 nitrogen and oxygen atoms in total. The van der Waals surface area contributed by atoms with Gasteiger partial charge in [-0.25, -0.2) is 0 Å². The summed E-state index contributed by atoms with van der Waals surface area (Å²) in [5.41, 5.74) is 0.629. The topological polar surface area (TPSA) is 21.3 Å². The number of ether oxygens (including phenoxy) is 1. The van der Waals surface area contributed by atoms with Gasteiger partial charge in [-0.15, -0.1) is 11.3 Å². The second kappa shape index (κ2) is 4.54. The molecular formula is C12H19NOS. The van der Waals surface area contributed by atoms with Gasteiger partial charge in [0.25, 0.3) is 0 Å². The first-order valence-corrected chi connectivity index (χ1v) is 6.49. The first kappa shape index (κ1) is 11.0. The Kier molecular flexibility index (Phi) is 3.32.